The van der Waals surface area contributed by atoms with E-state index in [2.05, 4.69) is 10.2 Å². The Morgan fingerprint density at radius 3 is 2.53 bits per heavy atom. The van der Waals surface area contributed by atoms with Gasteiger partial charge in [0.25, 0.3) is 0 Å². The van der Waals surface area contributed by atoms with Crippen molar-refractivity contribution in [3.63, 3.8) is 0 Å². The zero-order valence-corrected chi connectivity index (χ0v) is 11.5. The molecule has 0 spiro atoms. The number of piperidine rings is 1. The van der Waals surface area contributed by atoms with E-state index in [1.807, 2.05) is 16.4 Å². The van der Waals surface area contributed by atoms with Crippen LogP contribution in [0.5, 0.6) is 0 Å². The van der Waals surface area contributed by atoms with E-state index in [1.165, 1.54) is 0 Å². The number of anilines is 1. The minimum absolute atomic E-state index is 0.120. The first-order valence-corrected chi connectivity index (χ1v) is 6.81. The van der Waals surface area contributed by atoms with Gasteiger partial charge in [-0.2, -0.15) is 13.2 Å². The molecule has 2 heterocycles. The molecule has 1 aliphatic heterocycles. The van der Waals surface area contributed by atoms with Crippen molar-refractivity contribution in [2.24, 2.45) is 5.92 Å². The molecule has 0 radical (unpaired) electrons. The number of alkyl halides is 3. The fourth-order valence-corrected chi connectivity index (χ4v) is 2.60. The lowest BCUT2D eigenvalue weighted by Gasteiger charge is -2.33. The van der Waals surface area contributed by atoms with Crippen LogP contribution in [0.25, 0.3) is 0 Å². The van der Waals surface area contributed by atoms with Gasteiger partial charge in [-0.25, -0.2) is 5.10 Å². The summed E-state index contributed by atoms with van der Waals surface area (Å²) < 4.78 is 40.2. The minimum atomic E-state index is -4.08. The number of halogens is 3. The van der Waals surface area contributed by atoms with Crippen molar-refractivity contribution in [2.75, 3.05) is 18.0 Å². The SMILES string of the molecule is CCCn1c(N2CCC(C(F)(F)F)CC2)n[nH]c1=S. The lowest BCUT2D eigenvalue weighted by atomic mass is 9.96. The number of nitrogens with zero attached hydrogens (tertiary/aromatic N) is 3. The third kappa shape index (κ3) is 3.10. The number of aromatic nitrogens is 3. The summed E-state index contributed by atoms with van der Waals surface area (Å²) in [5, 5.41) is 6.85. The van der Waals surface area contributed by atoms with Crippen LogP contribution < -0.4 is 4.90 Å². The molecule has 108 valence electrons. The van der Waals surface area contributed by atoms with Crippen LogP contribution in [0.4, 0.5) is 19.1 Å². The van der Waals surface area contributed by atoms with Gasteiger partial charge in [0, 0.05) is 19.6 Å². The number of rotatable bonds is 3. The van der Waals surface area contributed by atoms with Gasteiger partial charge in [-0.05, 0) is 31.5 Å². The van der Waals surface area contributed by atoms with Crippen molar-refractivity contribution in [2.45, 2.75) is 38.9 Å². The predicted molar refractivity (Wildman–Crippen MR) is 68.7 cm³/mol. The Bertz CT molecular complexity index is 471. The Balaban J connectivity index is 2.08. The molecular weight excluding hydrogens is 277 g/mol. The van der Waals surface area contributed by atoms with E-state index < -0.39 is 12.1 Å². The Morgan fingerprint density at radius 2 is 2.00 bits per heavy atom. The first-order chi connectivity index (χ1) is 8.93. The molecule has 1 aliphatic rings. The molecule has 1 fully saturated rings. The van der Waals surface area contributed by atoms with Gasteiger partial charge >= 0.3 is 6.18 Å². The van der Waals surface area contributed by atoms with Crippen LogP contribution in [0.3, 0.4) is 0 Å². The molecule has 1 saturated heterocycles. The summed E-state index contributed by atoms with van der Waals surface area (Å²) in [5.41, 5.74) is 0. The van der Waals surface area contributed by atoms with Gasteiger partial charge in [-0.15, -0.1) is 5.10 Å². The van der Waals surface area contributed by atoms with E-state index in [-0.39, 0.29) is 12.8 Å². The molecule has 0 unspecified atom stereocenters. The van der Waals surface area contributed by atoms with Crippen LogP contribution >= 0.6 is 12.2 Å². The molecule has 0 amide bonds. The standard InChI is InChI=1S/C11H17F3N4S/c1-2-5-18-9(15-16-10(18)19)17-6-3-8(4-7-17)11(12,13)14/h8H,2-7H2,1H3,(H,16,19). The smallest absolute Gasteiger partial charge is 0.341 e. The Kier molecular flexibility index (Phi) is 4.17. The molecule has 1 N–H and O–H groups in total. The monoisotopic (exact) mass is 294 g/mol. The zero-order valence-electron chi connectivity index (χ0n) is 10.7. The molecule has 8 heteroatoms. The maximum absolute atomic E-state index is 12.6. The number of nitrogens with one attached hydrogen (secondary N) is 1. The summed E-state index contributed by atoms with van der Waals surface area (Å²) >= 11 is 5.13. The first-order valence-electron chi connectivity index (χ1n) is 6.40. The zero-order chi connectivity index (χ0) is 14.0. The summed E-state index contributed by atoms with van der Waals surface area (Å²) in [7, 11) is 0. The second kappa shape index (κ2) is 5.52. The van der Waals surface area contributed by atoms with Gasteiger partial charge in [-0.3, -0.25) is 4.57 Å². The fraction of sp³-hybridized carbons (Fsp3) is 0.818. The molecule has 0 bridgehead atoms. The van der Waals surface area contributed by atoms with Gasteiger partial charge in [-0.1, -0.05) is 6.92 Å². The summed E-state index contributed by atoms with van der Waals surface area (Å²) in [4.78, 5) is 1.88. The summed E-state index contributed by atoms with van der Waals surface area (Å²) in [6.07, 6.45) is -2.94. The van der Waals surface area contributed by atoms with E-state index in [4.69, 9.17) is 12.2 Å². The lowest BCUT2D eigenvalue weighted by molar-refractivity contribution is -0.179. The summed E-state index contributed by atoms with van der Waals surface area (Å²) in [5.74, 6) is -0.530. The molecule has 0 aliphatic carbocycles. The first kappa shape index (κ1) is 14.4. The molecule has 0 saturated carbocycles. The average molecular weight is 294 g/mol. The molecule has 19 heavy (non-hydrogen) atoms. The van der Waals surface area contributed by atoms with Crippen LogP contribution in [0.1, 0.15) is 26.2 Å². The molecule has 1 aromatic heterocycles. The third-order valence-corrected chi connectivity index (χ3v) is 3.74. The quantitative estimate of drug-likeness (QED) is 0.870. The van der Waals surface area contributed by atoms with Gasteiger partial charge in [0.2, 0.25) is 5.95 Å². The highest BCUT2D eigenvalue weighted by molar-refractivity contribution is 7.71. The van der Waals surface area contributed by atoms with E-state index in [0.717, 1.165) is 13.0 Å². The number of hydrogen-bond acceptors (Lipinski definition) is 3. The number of H-pyrrole nitrogens is 1. The van der Waals surface area contributed by atoms with Crippen LogP contribution in [0.15, 0.2) is 0 Å². The maximum atomic E-state index is 12.6. The molecule has 0 aromatic carbocycles. The Hall–Kier alpha value is -1.05. The van der Waals surface area contributed by atoms with E-state index >= 15 is 0 Å². The topological polar surface area (TPSA) is 36.9 Å². The minimum Gasteiger partial charge on any atom is -0.341 e. The van der Waals surface area contributed by atoms with E-state index in [9.17, 15) is 13.2 Å². The summed E-state index contributed by atoms with van der Waals surface area (Å²) in [6.45, 7) is 3.49. The van der Waals surface area contributed by atoms with Crippen LogP contribution in [0.2, 0.25) is 0 Å². The van der Waals surface area contributed by atoms with Crippen molar-refractivity contribution < 1.29 is 13.2 Å². The number of aromatic amines is 1. The average Bonchev–Trinajstić information content (AvgIpc) is 2.71. The normalized spacial score (nSPS) is 18.0. The summed E-state index contributed by atoms with van der Waals surface area (Å²) in [6, 6.07) is 0. The molecule has 2 rings (SSSR count). The van der Waals surface area contributed by atoms with Crippen molar-refractivity contribution in [3.8, 4) is 0 Å². The van der Waals surface area contributed by atoms with E-state index in [0.29, 0.717) is 23.8 Å². The van der Waals surface area contributed by atoms with Gasteiger partial charge in [0.1, 0.15) is 0 Å². The second-order valence-electron chi connectivity index (χ2n) is 4.78. The van der Waals surface area contributed by atoms with Gasteiger partial charge in [0.05, 0.1) is 5.92 Å². The van der Waals surface area contributed by atoms with Crippen molar-refractivity contribution >= 4 is 18.2 Å². The highest BCUT2D eigenvalue weighted by atomic mass is 32.1. The number of hydrogen-bond donors (Lipinski definition) is 1. The molecule has 0 atom stereocenters. The molecule has 1 aromatic rings. The Labute approximate surface area is 114 Å². The molecular formula is C11H17F3N4S. The Morgan fingerprint density at radius 1 is 1.37 bits per heavy atom. The van der Waals surface area contributed by atoms with Crippen LogP contribution in [0, 0.1) is 10.7 Å². The van der Waals surface area contributed by atoms with Gasteiger partial charge < -0.3 is 4.90 Å². The van der Waals surface area contributed by atoms with Crippen LogP contribution in [-0.2, 0) is 6.54 Å². The second-order valence-corrected chi connectivity index (χ2v) is 5.17. The van der Waals surface area contributed by atoms with Gasteiger partial charge in [0.15, 0.2) is 4.77 Å². The van der Waals surface area contributed by atoms with E-state index in [1.54, 1.807) is 0 Å². The van der Waals surface area contributed by atoms with Crippen molar-refractivity contribution in [3.05, 3.63) is 4.77 Å². The third-order valence-electron chi connectivity index (χ3n) is 3.43. The highest BCUT2D eigenvalue weighted by Gasteiger charge is 2.41. The highest BCUT2D eigenvalue weighted by Crippen LogP contribution is 2.35. The fourth-order valence-electron chi connectivity index (χ4n) is 2.38. The molecule has 4 nitrogen and oxygen atoms in total. The van der Waals surface area contributed by atoms with Crippen molar-refractivity contribution in [1.82, 2.24) is 14.8 Å². The van der Waals surface area contributed by atoms with Crippen molar-refractivity contribution in [1.29, 1.82) is 0 Å². The van der Waals surface area contributed by atoms with Crippen LogP contribution in [-0.4, -0.2) is 34.0 Å². The largest absolute Gasteiger partial charge is 0.391 e. The maximum Gasteiger partial charge on any atom is 0.391 e. The lowest BCUT2D eigenvalue weighted by Crippen LogP contribution is -2.40. The predicted octanol–water partition coefficient (Wildman–Crippen LogP) is 3.13.